The topological polar surface area (TPSA) is 32.9 Å². The molecule has 0 fully saturated rings. The van der Waals surface area contributed by atoms with Crippen molar-refractivity contribution in [1.29, 1.82) is 0 Å². The maximum atomic E-state index is 13.6. The molecule has 0 spiro atoms. The molecule has 1 heterocycles. The number of hydrogen-bond acceptors (Lipinski definition) is 1. The van der Waals surface area contributed by atoms with Gasteiger partial charge in [0.2, 0.25) is 0 Å². The minimum absolute atomic E-state index is 0.00715. The van der Waals surface area contributed by atoms with E-state index in [0.29, 0.717) is 16.5 Å². The van der Waals surface area contributed by atoms with Gasteiger partial charge in [-0.2, -0.15) is 0 Å². The molecule has 3 aromatic rings. The first-order valence-corrected chi connectivity index (χ1v) is 5.72. The van der Waals surface area contributed by atoms with Crippen LogP contribution in [0.2, 0.25) is 0 Å². The van der Waals surface area contributed by atoms with Crippen molar-refractivity contribution >= 4 is 16.7 Å². The van der Waals surface area contributed by atoms with Crippen molar-refractivity contribution in [2.75, 3.05) is 0 Å². The van der Waals surface area contributed by atoms with Crippen LogP contribution in [0.3, 0.4) is 0 Å². The summed E-state index contributed by atoms with van der Waals surface area (Å²) < 4.78 is 26.7. The maximum absolute atomic E-state index is 13.6. The molecule has 0 saturated carbocycles. The fourth-order valence-corrected chi connectivity index (χ4v) is 2.08. The number of aromatic nitrogens is 1. The van der Waals surface area contributed by atoms with Crippen LogP contribution in [0, 0.1) is 11.6 Å². The lowest BCUT2D eigenvalue weighted by molar-refractivity contribution is 0.103. The standard InChI is InChI=1S/C15H9F2NO/c16-9-5-6-10-12(8-18-14(10)7-9)15(19)11-3-1-2-4-13(11)17/h1-8,18H. The van der Waals surface area contributed by atoms with E-state index < -0.39 is 11.6 Å². The van der Waals surface area contributed by atoms with Gasteiger partial charge in [-0.3, -0.25) is 4.79 Å². The van der Waals surface area contributed by atoms with Gasteiger partial charge in [0.05, 0.1) is 5.56 Å². The monoisotopic (exact) mass is 257 g/mol. The summed E-state index contributed by atoms with van der Waals surface area (Å²) in [5.41, 5.74) is 0.854. The molecular formula is C15H9F2NO. The molecule has 19 heavy (non-hydrogen) atoms. The van der Waals surface area contributed by atoms with E-state index in [4.69, 9.17) is 0 Å². The van der Waals surface area contributed by atoms with Gasteiger partial charge in [0, 0.05) is 22.7 Å². The molecule has 2 nitrogen and oxygen atoms in total. The number of benzene rings is 2. The van der Waals surface area contributed by atoms with Gasteiger partial charge in [0.25, 0.3) is 0 Å². The van der Waals surface area contributed by atoms with Crippen LogP contribution in [0.1, 0.15) is 15.9 Å². The first-order chi connectivity index (χ1) is 9.16. The second-order valence-electron chi connectivity index (χ2n) is 4.20. The van der Waals surface area contributed by atoms with E-state index >= 15 is 0 Å². The molecule has 1 aromatic heterocycles. The van der Waals surface area contributed by atoms with Gasteiger partial charge < -0.3 is 4.98 Å². The number of hydrogen-bond donors (Lipinski definition) is 1. The highest BCUT2D eigenvalue weighted by Gasteiger charge is 2.17. The molecule has 1 N–H and O–H groups in total. The van der Waals surface area contributed by atoms with E-state index in [9.17, 15) is 13.6 Å². The Labute approximate surface area is 107 Å². The molecule has 3 rings (SSSR count). The summed E-state index contributed by atoms with van der Waals surface area (Å²) in [5, 5.41) is 0.578. The number of carbonyl (C=O) groups is 1. The highest BCUT2D eigenvalue weighted by atomic mass is 19.1. The molecular weight excluding hydrogens is 248 g/mol. The van der Waals surface area contributed by atoms with E-state index in [1.165, 1.54) is 42.6 Å². The number of H-pyrrole nitrogens is 1. The maximum Gasteiger partial charge on any atom is 0.198 e. The molecule has 4 heteroatoms. The lowest BCUT2D eigenvalue weighted by atomic mass is 10.0. The van der Waals surface area contributed by atoms with Gasteiger partial charge in [0.15, 0.2) is 5.78 Å². The van der Waals surface area contributed by atoms with Crippen molar-refractivity contribution in [3.8, 4) is 0 Å². The van der Waals surface area contributed by atoms with Crippen LogP contribution >= 0.6 is 0 Å². The zero-order valence-corrected chi connectivity index (χ0v) is 9.78. The van der Waals surface area contributed by atoms with Crippen LogP contribution in [-0.2, 0) is 0 Å². The van der Waals surface area contributed by atoms with E-state index in [0.717, 1.165) is 0 Å². The van der Waals surface area contributed by atoms with Crippen LogP contribution in [0.15, 0.2) is 48.7 Å². The van der Waals surface area contributed by atoms with Crippen LogP contribution in [0.5, 0.6) is 0 Å². The Hall–Kier alpha value is -2.49. The normalized spacial score (nSPS) is 10.8. The summed E-state index contributed by atoms with van der Waals surface area (Å²) in [6.45, 7) is 0. The summed E-state index contributed by atoms with van der Waals surface area (Å²) in [7, 11) is 0. The molecule has 0 atom stereocenters. The highest BCUT2D eigenvalue weighted by Crippen LogP contribution is 2.22. The van der Waals surface area contributed by atoms with Crippen LogP contribution in [-0.4, -0.2) is 10.8 Å². The summed E-state index contributed by atoms with van der Waals surface area (Å²) in [6, 6.07) is 9.88. The number of carbonyl (C=O) groups excluding carboxylic acids is 1. The molecule has 0 radical (unpaired) electrons. The third kappa shape index (κ3) is 1.91. The fraction of sp³-hybridized carbons (Fsp3) is 0. The quantitative estimate of drug-likeness (QED) is 0.698. The molecule has 0 aliphatic carbocycles. The number of nitrogens with one attached hydrogen (secondary N) is 1. The molecule has 0 aliphatic rings. The Morgan fingerprint density at radius 2 is 1.79 bits per heavy atom. The van der Waals surface area contributed by atoms with Crippen LogP contribution < -0.4 is 0 Å². The number of rotatable bonds is 2. The Morgan fingerprint density at radius 3 is 2.58 bits per heavy atom. The highest BCUT2D eigenvalue weighted by molar-refractivity contribution is 6.16. The summed E-state index contributed by atoms with van der Waals surface area (Å²) in [6.07, 6.45) is 1.47. The molecule has 0 saturated heterocycles. The van der Waals surface area contributed by atoms with Gasteiger partial charge >= 0.3 is 0 Å². The fourth-order valence-electron chi connectivity index (χ4n) is 2.08. The largest absolute Gasteiger partial charge is 0.360 e. The predicted octanol–water partition coefficient (Wildman–Crippen LogP) is 3.68. The van der Waals surface area contributed by atoms with Crippen molar-refractivity contribution in [3.63, 3.8) is 0 Å². The van der Waals surface area contributed by atoms with Gasteiger partial charge in [-0.1, -0.05) is 12.1 Å². The van der Waals surface area contributed by atoms with Gasteiger partial charge in [-0.05, 0) is 30.3 Å². The second kappa shape index (κ2) is 4.31. The zero-order valence-electron chi connectivity index (χ0n) is 9.78. The smallest absolute Gasteiger partial charge is 0.198 e. The third-order valence-corrected chi connectivity index (χ3v) is 3.01. The van der Waals surface area contributed by atoms with Gasteiger partial charge in [0.1, 0.15) is 11.6 Å². The molecule has 0 unspecified atom stereocenters. The van der Waals surface area contributed by atoms with Crippen molar-refractivity contribution < 1.29 is 13.6 Å². The van der Waals surface area contributed by atoms with Crippen LogP contribution in [0.4, 0.5) is 8.78 Å². The third-order valence-electron chi connectivity index (χ3n) is 3.01. The van der Waals surface area contributed by atoms with E-state index in [1.807, 2.05) is 0 Å². The molecule has 94 valence electrons. The Kier molecular flexibility index (Phi) is 2.63. The van der Waals surface area contributed by atoms with Crippen molar-refractivity contribution in [2.45, 2.75) is 0 Å². The number of aromatic amines is 1. The molecule has 2 aromatic carbocycles. The lowest BCUT2D eigenvalue weighted by Crippen LogP contribution is -2.03. The predicted molar refractivity (Wildman–Crippen MR) is 68.1 cm³/mol. The Balaban J connectivity index is 2.15. The number of fused-ring (bicyclic) bond motifs is 1. The first-order valence-electron chi connectivity index (χ1n) is 5.72. The Bertz CT molecular complexity index is 777. The zero-order chi connectivity index (χ0) is 13.4. The van der Waals surface area contributed by atoms with Gasteiger partial charge in [-0.25, -0.2) is 8.78 Å². The lowest BCUT2D eigenvalue weighted by Gasteiger charge is -2.01. The average molecular weight is 257 g/mol. The Morgan fingerprint density at radius 1 is 1.00 bits per heavy atom. The van der Waals surface area contributed by atoms with E-state index in [2.05, 4.69) is 4.98 Å². The summed E-state index contributed by atoms with van der Waals surface area (Å²) in [4.78, 5) is 15.1. The molecule has 0 aliphatic heterocycles. The van der Waals surface area contributed by atoms with Crippen molar-refractivity contribution in [2.24, 2.45) is 0 Å². The summed E-state index contributed by atoms with van der Waals surface area (Å²) in [5.74, 6) is -1.38. The van der Waals surface area contributed by atoms with E-state index in [-0.39, 0.29) is 11.4 Å². The first kappa shape index (κ1) is 11.6. The average Bonchev–Trinajstić information content (AvgIpc) is 2.81. The number of ketones is 1. The van der Waals surface area contributed by atoms with Crippen molar-refractivity contribution in [1.82, 2.24) is 4.98 Å². The van der Waals surface area contributed by atoms with E-state index in [1.54, 1.807) is 6.07 Å². The summed E-state index contributed by atoms with van der Waals surface area (Å²) >= 11 is 0. The molecule has 0 bridgehead atoms. The van der Waals surface area contributed by atoms with Gasteiger partial charge in [-0.15, -0.1) is 0 Å². The van der Waals surface area contributed by atoms with Crippen molar-refractivity contribution in [3.05, 3.63) is 71.4 Å². The minimum Gasteiger partial charge on any atom is -0.360 e. The van der Waals surface area contributed by atoms with Crippen LogP contribution in [0.25, 0.3) is 10.9 Å². The molecule has 0 amide bonds. The minimum atomic E-state index is -0.566. The second-order valence-corrected chi connectivity index (χ2v) is 4.20. The number of halogens is 2. The SMILES string of the molecule is O=C(c1ccccc1F)c1c[nH]c2cc(F)ccc12.